The fraction of sp³-hybridized carbons (Fsp3) is 0.333. The zero-order valence-electron chi connectivity index (χ0n) is 11.3. The Labute approximate surface area is 135 Å². The first-order chi connectivity index (χ1) is 9.02. The lowest BCUT2D eigenvalue weighted by molar-refractivity contribution is 0.637. The molecule has 19 heavy (non-hydrogen) atoms. The van der Waals surface area contributed by atoms with Crippen LogP contribution >= 0.6 is 43.2 Å². The number of nitrogens with one attached hydrogen (secondary N) is 1. The van der Waals surface area contributed by atoms with Gasteiger partial charge < -0.3 is 5.32 Å². The molecule has 102 valence electrons. The summed E-state index contributed by atoms with van der Waals surface area (Å²) >= 11 is 9.09. The van der Waals surface area contributed by atoms with E-state index in [-0.39, 0.29) is 6.04 Å². The maximum Gasteiger partial charge on any atom is 0.0682 e. The van der Waals surface area contributed by atoms with E-state index in [1.165, 1.54) is 25.4 Å². The Morgan fingerprint density at radius 2 is 1.89 bits per heavy atom. The number of rotatable bonds is 4. The summed E-state index contributed by atoms with van der Waals surface area (Å²) in [5, 5.41) is 3.58. The molecule has 0 spiro atoms. The van der Waals surface area contributed by atoms with Crippen molar-refractivity contribution >= 4 is 43.2 Å². The Kier molecular flexibility index (Phi) is 5.23. The summed E-state index contributed by atoms with van der Waals surface area (Å²) in [4.78, 5) is 2.68. The summed E-state index contributed by atoms with van der Waals surface area (Å²) in [7, 11) is 0. The Morgan fingerprint density at radius 3 is 2.42 bits per heavy atom. The SMILES string of the molecule is CCNC(c1ccc(Br)c(C)c1)c1sc(C)cc1Br. The molecule has 1 heterocycles. The molecule has 0 aliphatic carbocycles. The highest BCUT2D eigenvalue weighted by atomic mass is 79.9. The van der Waals surface area contributed by atoms with Gasteiger partial charge in [-0.2, -0.15) is 0 Å². The molecule has 1 nitrogen and oxygen atoms in total. The highest BCUT2D eigenvalue weighted by molar-refractivity contribution is 9.10. The lowest BCUT2D eigenvalue weighted by Crippen LogP contribution is -2.21. The van der Waals surface area contributed by atoms with Crippen LogP contribution in [-0.4, -0.2) is 6.54 Å². The van der Waals surface area contributed by atoms with Crippen molar-refractivity contribution in [2.75, 3.05) is 6.54 Å². The third-order valence-corrected chi connectivity index (χ3v) is 5.95. The van der Waals surface area contributed by atoms with Gasteiger partial charge in [-0.15, -0.1) is 11.3 Å². The van der Waals surface area contributed by atoms with Crippen molar-refractivity contribution in [2.45, 2.75) is 26.8 Å². The minimum Gasteiger partial charge on any atom is -0.306 e. The molecule has 1 aromatic heterocycles. The summed E-state index contributed by atoms with van der Waals surface area (Å²) in [5.74, 6) is 0. The predicted molar refractivity (Wildman–Crippen MR) is 91.2 cm³/mol. The minimum absolute atomic E-state index is 0.255. The van der Waals surface area contributed by atoms with Crippen LogP contribution in [-0.2, 0) is 0 Å². The molecular formula is C15H17Br2NS. The number of benzene rings is 1. The molecule has 4 heteroatoms. The maximum absolute atomic E-state index is 3.68. The average Bonchev–Trinajstić information content (AvgIpc) is 2.69. The smallest absolute Gasteiger partial charge is 0.0682 e. The molecule has 2 aromatic rings. The zero-order valence-corrected chi connectivity index (χ0v) is 15.2. The zero-order chi connectivity index (χ0) is 14.0. The quantitative estimate of drug-likeness (QED) is 0.702. The van der Waals surface area contributed by atoms with E-state index in [0.29, 0.717) is 0 Å². The first-order valence-electron chi connectivity index (χ1n) is 6.28. The van der Waals surface area contributed by atoms with Crippen LogP contribution in [0.1, 0.15) is 33.8 Å². The summed E-state index contributed by atoms with van der Waals surface area (Å²) < 4.78 is 2.36. The third-order valence-electron chi connectivity index (χ3n) is 3.02. The van der Waals surface area contributed by atoms with Crippen LogP contribution in [0.3, 0.4) is 0 Å². The molecule has 0 radical (unpaired) electrons. The van der Waals surface area contributed by atoms with Crippen LogP contribution in [0.25, 0.3) is 0 Å². The predicted octanol–water partition coefficient (Wildman–Crippen LogP) is 5.59. The lowest BCUT2D eigenvalue weighted by atomic mass is 10.0. The van der Waals surface area contributed by atoms with Gasteiger partial charge in [-0.1, -0.05) is 35.0 Å². The van der Waals surface area contributed by atoms with Gasteiger partial charge in [-0.25, -0.2) is 0 Å². The van der Waals surface area contributed by atoms with Gasteiger partial charge in [0.05, 0.1) is 6.04 Å². The van der Waals surface area contributed by atoms with Crippen molar-refractivity contribution in [2.24, 2.45) is 0 Å². The standard InChI is InChI=1S/C15H17Br2NS/c1-4-18-14(15-13(17)8-10(3)19-15)11-5-6-12(16)9(2)7-11/h5-8,14,18H,4H2,1-3H3. The number of halogens is 2. The molecule has 0 aliphatic heterocycles. The van der Waals surface area contributed by atoms with E-state index < -0.39 is 0 Å². The molecule has 0 amide bonds. The fourth-order valence-electron chi connectivity index (χ4n) is 2.11. The molecule has 0 fully saturated rings. The van der Waals surface area contributed by atoms with Crippen molar-refractivity contribution in [1.29, 1.82) is 0 Å². The normalized spacial score (nSPS) is 12.7. The van der Waals surface area contributed by atoms with Gasteiger partial charge in [0.1, 0.15) is 0 Å². The average molecular weight is 403 g/mol. The summed E-state index contributed by atoms with van der Waals surface area (Å²) in [6, 6.07) is 9.01. The van der Waals surface area contributed by atoms with Crippen LogP contribution in [0.5, 0.6) is 0 Å². The van der Waals surface area contributed by atoms with E-state index in [1.54, 1.807) is 0 Å². The number of thiophene rings is 1. The highest BCUT2D eigenvalue weighted by Crippen LogP contribution is 2.36. The van der Waals surface area contributed by atoms with E-state index in [2.05, 4.69) is 82.2 Å². The second-order valence-electron chi connectivity index (χ2n) is 4.57. The topological polar surface area (TPSA) is 12.0 Å². The van der Waals surface area contributed by atoms with Gasteiger partial charge in [-0.3, -0.25) is 0 Å². The van der Waals surface area contributed by atoms with Crippen LogP contribution < -0.4 is 5.32 Å². The summed E-state index contributed by atoms with van der Waals surface area (Å²) in [6.07, 6.45) is 0. The van der Waals surface area contributed by atoms with E-state index in [0.717, 1.165) is 11.0 Å². The molecule has 0 saturated heterocycles. The largest absolute Gasteiger partial charge is 0.306 e. The summed E-state index contributed by atoms with van der Waals surface area (Å²) in [6.45, 7) is 7.37. The molecule has 2 rings (SSSR count). The van der Waals surface area contributed by atoms with Gasteiger partial charge in [0.25, 0.3) is 0 Å². The lowest BCUT2D eigenvalue weighted by Gasteiger charge is -2.18. The molecule has 1 atom stereocenters. The second-order valence-corrected chi connectivity index (χ2v) is 7.57. The Hall–Kier alpha value is -0.160. The number of aryl methyl sites for hydroxylation is 2. The van der Waals surface area contributed by atoms with Gasteiger partial charge in [0.15, 0.2) is 0 Å². The Morgan fingerprint density at radius 1 is 1.16 bits per heavy atom. The van der Waals surface area contributed by atoms with Gasteiger partial charge >= 0.3 is 0 Å². The molecule has 1 unspecified atom stereocenters. The van der Waals surface area contributed by atoms with Gasteiger partial charge in [0, 0.05) is 18.7 Å². The summed E-state index contributed by atoms with van der Waals surface area (Å²) in [5.41, 5.74) is 2.58. The number of hydrogen-bond donors (Lipinski definition) is 1. The van der Waals surface area contributed by atoms with Gasteiger partial charge in [-0.05, 0) is 59.6 Å². The van der Waals surface area contributed by atoms with E-state index >= 15 is 0 Å². The van der Waals surface area contributed by atoms with Crippen molar-refractivity contribution < 1.29 is 0 Å². The first-order valence-corrected chi connectivity index (χ1v) is 8.68. The molecule has 0 aliphatic rings. The Balaban J connectivity index is 2.44. The molecule has 0 bridgehead atoms. The van der Waals surface area contributed by atoms with Crippen LogP contribution in [0.15, 0.2) is 33.2 Å². The molecular weight excluding hydrogens is 386 g/mol. The minimum atomic E-state index is 0.255. The highest BCUT2D eigenvalue weighted by Gasteiger charge is 2.18. The van der Waals surface area contributed by atoms with E-state index in [4.69, 9.17) is 0 Å². The van der Waals surface area contributed by atoms with E-state index in [9.17, 15) is 0 Å². The Bertz CT molecular complexity index is 578. The van der Waals surface area contributed by atoms with Crippen molar-refractivity contribution in [3.63, 3.8) is 0 Å². The fourth-order valence-corrected chi connectivity index (χ4v) is 4.34. The monoisotopic (exact) mass is 401 g/mol. The third kappa shape index (κ3) is 3.48. The number of hydrogen-bond acceptors (Lipinski definition) is 2. The molecule has 1 N–H and O–H groups in total. The van der Waals surface area contributed by atoms with Crippen LogP contribution in [0, 0.1) is 13.8 Å². The van der Waals surface area contributed by atoms with Crippen LogP contribution in [0.4, 0.5) is 0 Å². The second kappa shape index (κ2) is 6.53. The van der Waals surface area contributed by atoms with Crippen molar-refractivity contribution in [3.05, 3.63) is 54.1 Å². The van der Waals surface area contributed by atoms with Crippen molar-refractivity contribution in [1.82, 2.24) is 5.32 Å². The molecule has 0 saturated carbocycles. The van der Waals surface area contributed by atoms with Gasteiger partial charge in [0.2, 0.25) is 0 Å². The van der Waals surface area contributed by atoms with E-state index in [1.807, 2.05) is 11.3 Å². The van der Waals surface area contributed by atoms with Crippen molar-refractivity contribution in [3.8, 4) is 0 Å². The first kappa shape index (κ1) is 15.2. The molecule has 1 aromatic carbocycles. The van der Waals surface area contributed by atoms with Crippen LogP contribution in [0.2, 0.25) is 0 Å². The maximum atomic E-state index is 3.68.